The first-order valence-electron chi connectivity index (χ1n) is 7.66. The molecule has 0 spiro atoms. The molecule has 110 valence electrons. The standard InChI is InChI=1S/C18H21NO2/c1-12-5-4-6-13(11-12)19-17-10-9-16(18(20)21)14-7-2-3-8-15(14)17/h2-3,7-10,12-13,19H,4-6,11H2,1H3,(H,20,21). The summed E-state index contributed by atoms with van der Waals surface area (Å²) in [5, 5.41) is 14.7. The van der Waals surface area contributed by atoms with Gasteiger partial charge >= 0.3 is 5.97 Å². The Morgan fingerprint density at radius 3 is 2.62 bits per heavy atom. The first kappa shape index (κ1) is 13.9. The average Bonchev–Trinajstić information content (AvgIpc) is 2.47. The molecule has 0 aromatic heterocycles. The number of nitrogens with one attached hydrogen (secondary N) is 1. The lowest BCUT2D eigenvalue weighted by Gasteiger charge is -2.28. The van der Waals surface area contributed by atoms with E-state index >= 15 is 0 Å². The van der Waals surface area contributed by atoms with Gasteiger partial charge in [0, 0.05) is 17.1 Å². The minimum atomic E-state index is -0.871. The van der Waals surface area contributed by atoms with E-state index in [0.29, 0.717) is 11.6 Å². The number of fused-ring (bicyclic) bond motifs is 1. The highest BCUT2D eigenvalue weighted by atomic mass is 16.4. The molecule has 3 rings (SSSR count). The second-order valence-corrected chi connectivity index (χ2v) is 6.12. The molecule has 2 unspecified atom stereocenters. The van der Waals surface area contributed by atoms with E-state index < -0.39 is 5.97 Å². The van der Waals surface area contributed by atoms with Crippen LogP contribution in [-0.4, -0.2) is 17.1 Å². The lowest BCUT2D eigenvalue weighted by Crippen LogP contribution is -2.26. The molecular formula is C18H21NO2. The molecule has 2 aromatic carbocycles. The summed E-state index contributed by atoms with van der Waals surface area (Å²) >= 11 is 0. The van der Waals surface area contributed by atoms with Gasteiger partial charge in [-0.3, -0.25) is 0 Å². The zero-order valence-electron chi connectivity index (χ0n) is 12.3. The molecule has 1 saturated carbocycles. The van der Waals surface area contributed by atoms with Gasteiger partial charge in [-0.25, -0.2) is 4.79 Å². The number of carboxylic acids is 1. The maximum Gasteiger partial charge on any atom is 0.336 e. The van der Waals surface area contributed by atoms with Crippen LogP contribution >= 0.6 is 0 Å². The summed E-state index contributed by atoms with van der Waals surface area (Å²) < 4.78 is 0. The van der Waals surface area contributed by atoms with Crippen molar-refractivity contribution >= 4 is 22.4 Å². The van der Waals surface area contributed by atoms with E-state index in [4.69, 9.17) is 0 Å². The second kappa shape index (κ2) is 5.76. The summed E-state index contributed by atoms with van der Waals surface area (Å²) in [5.41, 5.74) is 1.42. The van der Waals surface area contributed by atoms with Crippen molar-refractivity contribution in [3.63, 3.8) is 0 Å². The van der Waals surface area contributed by atoms with Crippen molar-refractivity contribution in [1.82, 2.24) is 0 Å². The van der Waals surface area contributed by atoms with Crippen LogP contribution in [0.15, 0.2) is 36.4 Å². The molecule has 2 aromatic rings. The van der Waals surface area contributed by atoms with Crippen LogP contribution < -0.4 is 5.32 Å². The lowest BCUT2D eigenvalue weighted by atomic mass is 9.87. The number of rotatable bonds is 3. The quantitative estimate of drug-likeness (QED) is 0.870. The first-order chi connectivity index (χ1) is 10.1. The SMILES string of the molecule is CC1CCCC(Nc2ccc(C(=O)O)c3ccccc23)C1. The molecule has 3 nitrogen and oxygen atoms in total. The molecule has 21 heavy (non-hydrogen) atoms. The maximum absolute atomic E-state index is 11.3. The summed E-state index contributed by atoms with van der Waals surface area (Å²) in [6.07, 6.45) is 4.97. The Hall–Kier alpha value is -2.03. The minimum absolute atomic E-state index is 0.369. The molecule has 2 N–H and O–H groups in total. The Morgan fingerprint density at radius 2 is 1.90 bits per heavy atom. The fraction of sp³-hybridized carbons (Fsp3) is 0.389. The number of anilines is 1. The average molecular weight is 283 g/mol. The largest absolute Gasteiger partial charge is 0.478 e. The van der Waals surface area contributed by atoms with Gasteiger partial charge in [0.1, 0.15) is 0 Å². The summed E-state index contributed by atoms with van der Waals surface area (Å²) in [5.74, 6) is -0.107. The lowest BCUT2D eigenvalue weighted by molar-refractivity contribution is 0.0699. The van der Waals surface area contributed by atoms with Gasteiger partial charge in [0.25, 0.3) is 0 Å². The third kappa shape index (κ3) is 2.87. The number of hydrogen-bond donors (Lipinski definition) is 2. The van der Waals surface area contributed by atoms with Crippen molar-refractivity contribution in [1.29, 1.82) is 0 Å². The number of aromatic carboxylic acids is 1. The normalized spacial score (nSPS) is 22.1. The third-order valence-electron chi connectivity index (χ3n) is 4.45. The van der Waals surface area contributed by atoms with Crippen LogP contribution in [0.4, 0.5) is 5.69 Å². The second-order valence-electron chi connectivity index (χ2n) is 6.12. The van der Waals surface area contributed by atoms with Crippen LogP contribution in [0.3, 0.4) is 0 Å². The molecule has 2 atom stereocenters. The smallest absolute Gasteiger partial charge is 0.336 e. The van der Waals surface area contributed by atoms with E-state index in [1.54, 1.807) is 6.07 Å². The van der Waals surface area contributed by atoms with E-state index in [2.05, 4.69) is 12.2 Å². The summed E-state index contributed by atoms with van der Waals surface area (Å²) in [4.78, 5) is 11.3. The number of carboxylic acid groups (broad SMARTS) is 1. The Bertz CT molecular complexity index is 665. The maximum atomic E-state index is 11.3. The van der Waals surface area contributed by atoms with Gasteiger partial charge in [0.05, 0.1) is 5.56 Å². The summed E-state index contributed by atoms with van der Waals surface area (Å²) in [6, 6.07) is 11.8. The summed E-state index contributed by atoms with van der Waals surface area (Å²) in [6.45, 7) is 2.31. The highest BCUT2D eigenvalue weighted by molar-refractivity contribution is 6.07. The third-order valence-corrected chi connectivity index (χ3v) is 4.45. The van der Waals surface area contributed by atoms with Gasteiger partial charge in [-0.15, -0.1) is 0 Å². The van der Waals surface area contributed by atoms with Crippen LogP contribution in [0, 0.1) is 5.92 Å². The topological polar surface area (TPSA) is 49.3 Å². The Balaban J connectivity index is 1.96. The molecule has 1 fully saturated rings. The predicted molar refractivity (Wildman–Crippen MR) is 86.0 cm³/mol. The van der Waals surface area contributed by atoms with E-state index in [-0.39, 0.29) is 0 Å². The molecule has 1 aliphatic rings. The monoisotopic (exact) mass is 283 g/mol. The van der Waals surface area contributed by atoms with Crippen LogP contribution in [0.2, 0.25) is 0 Å². The van der Waals surface area contributed by atoms with Gasteiger partial charge in [0.2, 0.25) is 0 Å². The number of hydrogen-bond acceptors (Lipinski definition) is 2. The molecule has 0 heterocycles. The first-order valence-corrected chi connectivity index (χ1v) is 7.66. The number of benzene rings is 2. The molecule has 3 heteroatoms. The van der Waals surface area contributed by atoms with E-state index in [1.165, 1.54) is 25.7 Å². The van der Waals surface area contributed by atoms with E-state index in [9.17, 15) is 9.90 Å². The van der Waals surface area contributed by atoms with Gasteiger partial charge in [-0.1, -0.05) is 44.0 Å². The molecule has 0 amide bonds. The fourth-order valence-corrected chi connectivity index (χ4v) is 3.40. The molecule has 1 aliphatic carbocycles. The van der Waals surface area contributed by atoms with E-state index in [1.807, 2.05) is 30.3 Å². The van der Waals surface area contributed by atoms with Crippen LogP contribution in [0.25, 0.3) is 10.8 Å². The zero-order valence-corrected chi connectivity index (χ0v) is 12.3. The van der Waals surface area contributed by atoms with Crippen LogP contribution in [0.1, 0.15) is 43.0 Å². The van der Waals surface area contributed by atoms with Crippen molar-refractivity contribution in [2.45, 2.75) is 38.6 Å². The van der Waals surface area contributed by atoms with Crippen molar-refractivity contribution in [2.24, 2.45) is 5.92 Å². The van der Waals surface area contributed by atoms with Crippen molar-refractivity contribution < 1.29 is 9.90 Å². The Morgan fingerprint density at radius 1 is 1.14 bits per heavy atom. The molecule has 0 saturated heterocycles. The van der Waals surface area contributed by atoms with Gasteiger partial charge in [0.15, 0.2) is 0 Å². The van der Waals surface area contributed by atoms with Crippen molar-refractivity contribution in [2.75, 3.05) is 5.32 Å². The highest BCUT2D eigenvalue weighted by Gasteiger charge is 2.19. The van der Waals surface area contributed by atoms with Gasteiger partial charge in [-0.2, -0.15) is 0 Å². The zero-order chi connectivity index (χ0) is 14.8. The van der Waals surface area contributed by atoms with Crippen LogP contribution in [-0.2, 0) is 0 Å². The molecule has 0 bridgehead atoms. The van der Waals surface area contributed by atoms with Crippen molar-refractivity contribution in [3.8, 4) is 0 Å². The van der Waals surface area contributed by atoms with Crippen molar-refractivity contribution in [3.05, 3.63) is 42.0 Å². The molecule has 0 radical (unpaired) electrons. The Labute approximate surface area is 125 Å². The predicted octanol–water partition coefficient (Wildman–Crippen LogP) is 4.53. The van der Waals surface area contributed by atoms with Gasteiger partial charge < -0.3 is 10.4 Å². The highest BCUT2D eigenvalue weighted by Crippen LogP contribution is 2.31. The number of carbonyl (C=O) groups is 1. The summed E-state index contributed by atoms with van der Waals surface area (Å²) in [7, 11) is 0. The Kier molecular flexibility index (Phi) is 3.82. The minimum Gasteiger partial charge on any atom is -0.478 e. The molecular weight excluding hydrogens is 262 g/mol. The molecule has 0 aliphatic heterocycles. The van der Waals surface area contributed by atoms with Gasteiger partial charge in [-0.05, 0) is 36.3 Å². The van der Waals surface area contributed by atoms with E-state index in [0.717, 1.165) is 22.4 Å². The van der Waals surface area contributed by atoms with Crippen LogP contribution in [0.5, 0.6) is 0 Å². The fourth-order valence-electron chi connectivity index (χ4n) is 3.40.